The molecule has 6 nitrogen and oxygen atoms in total. The van der Waals surface area contributed by atoms with Crippen LogP contribution in [0.2, 0.25) is 0 Å². The lowest BCUT2D eigenvalue weighted by Crippen LogP contribution is -2.52. The maximum absolute atomic E-state index is 13.1. The fourth-order valence-corrected chi connectivity index (χ4v) is 8.01. The van der Waals surface area contributed by atoms with Crippen LogP contribution in [0.5, 0.6) is 0 Å². The zero-order valence-corrected chi connectivity index (χ0v) is 18.9. The molecule has 0 radical (unpaired) electrons. The van der Waals surface area contributed by atoms with Gasteiger partial charge in [0.05, 0.1) is 5.25 Å². The molecular formula is C23H33N3O3S. The highest BCUT2D eigenvalue weighted by Gasteiger charge is 2.46. The Morgan fingerprint density at radius 2 is 1.57 bits per heavy atom. The highest BCUT2D eigenvalue weighted by Crippen LogP contribution is 2.40. The van der Waals surface area contributed by atoms with Gasteiger partial charge in [-0.2, -0.15) is 0 Å². The third kappa shape index (κ3) is 3.44. The van der Waals surface area contributed by atoms with Gasteiger partial charge in [-0.25, -0.2) is 17.9 Å². The van der Waals surface area contributed by atoms with Gasteiger partial charge in [0.1, 0.15) is 0 Å². The summed E-state index contributed by atoms with van der Waals surface area (Å²) >= 11 is 0. The SMILES string of the molecule is CC(C)N1C2CC[C@H]1C[C@@H](S(=O)(=O)NC(=O)Nc1c3c(cc4c1CCC4)CCC3)C2. The average molecular weight is 432 g/mol. The van der Waals surface area contributed by atoms with E-state index in [1.54, 1.807) is 0 Å². The van der Waals surface area contributed by atoms with E-state index in [0.29, 0.717) is 31.0 Å². The molecule has 2 amide bonds. The molecule has 7 heteroatoms. The molecular weight excluding hydrogens is 398 g/mol. The van der Waals surface area contributed by atoms with E-state index in [1.807, 2.05) is 0 Å². The van der Waals surface area contributed by atoms with Crippen LogP contribution in [0.25, 0.3) is 0 Å². The zero-order chi connectivity index (χ0) is 21.0. The predicted molar refractivity (Wildman–Crippen MR) is 118 cm³/mol. The molecule has 2 fully saturated rings. The van der Waals surface area contributed by atoms with Crippen LogP contribution in [-0.4, -0.2) is 42.7 Å². The normalized spacial score (nSPS) is 27.9. The van der Waals surface area contributed by atoms with Gasteiger partial charge < -0.3 is 5.32 Å². The van der Waals surface area contributed by atoms with Crippen molar-refractivity contribution in [3.63, 3.8) is 0 Å². The summed E-state index contributed by atoms with van der Waals surface area (Å²) in [5.74, 6) is 0. The van der Waals surface area contributed by atoms with Crippen molar-refractivity contribution < 1.29 is 13.2 Å². The van der Waals surface area contributed by atoms with E-state index in [9.17, 15) is 13.2 Å². The van der Waals surface area contributed by atoms with Crippen LogP contribution in [0.15, 0.2) is 6.07 Å². The van der Waals surface area contributed by atoms with Gasteiger partial charge in [0.2, 0.25) is 10.0 Å². The number of anilines is 1. The van der Waals surface area contributed by atoms with Crippen LogP contribution >= 0.6 is 0 Å². The summed E-state index contributed by atoms with van der Waals surface area (Å²) in [4.78, 5) is 15.3. The smallest absolute Gasteiger partial charge is 0.307 e. The van der Waals surface area contributed by atoms with Crippen molar-refractivity contribution in [3.05, 3.63) is 28.3 Å². The summed E-state index contributed by atoms with van der Waals surface area (Å²) in [5, 5.41) is 2.48. The molecule has 0 aromatic heterocycles. The Kier molecular flexibility index (Phi) is 5.09. The first-order chi connectivity index (χ1) is 14.3. The maximum atomic E-state index is 13.1. The minimum Gasteiger partial charge on any atom is -0.307 e. The van der Waals surface area contributed by atoms with Crippen LogP contribution in [0.1, 0.15) is 74.6 Å². The van der Waals surface area contributed by atoms with Crippen molar-refractivity contribution in [1.82, 2.24) is 9.62 Å². The summed E-state index contributed by atoms with van der Waals surface area (Å²) in [6.07, 6.45) is 9.58. The van der Waals surface area contributed by atoms with Gasteiger partial charge in [-0.05, 0) is 100 Å². The monoisotopic (exact) mass is 431 g/mol. The highest BCUT2D eigenvalue weighted by molar-refractivity contribution is 7.90. The van der Waals surface area contributed by atoms with E-state index in [0.717, 1.165) is 57.1 Å². The van der Waals surface area contributed by atoms with E-state index >= 15 is 0 Å². The van der Waals surface area contributed by atoms with Crippen molar-refractivity contribution in [3.8, 4) is 0 Å². The van der Waals surface area contributed by atoms with Crippen molar-refractivity contribution in [2.75, 3.05) is 5.32 Å². The number of nitrogens with one attached hydrogen (secondary N) is 2. The second-order valence-electron chi connectivity index (χ2n) is 9.85. The van der Waals surface area contributed by atoms with E-state index in [2.05, 4.69) is 34.9 Å². The summed E-state index contributed by atoms with van der Waals surface area (Å²) in [6.45, 7) is 4.37. The number of carbonyl (C=O) groups excluding carboxylic acids is 1. The van der Waals surface area contributed by atoms with Crippen LogP contribution in [-0.2, 0) is 35.7 Å². The van der Waals surface area contributed by atoms with Crippen LogP contribution < -0.4 is 10.0 Å². The number of fused-ring (bicyclic) bond motifs is 4. The zero-order valence-electron chi connectivity index (χ0n) is 18.0. The first-order valence-corrected chi connectivity index (χ1v) is 13.1. The molecule has 4 aliphatic rings. The number of hydrogen-bond donors (Lipinski definition) is 2. The highest BCUT2D eigenvalue weighted by atomic mass is 32.2. The second kappa shape index (κ2) is 7.52. The molecule has 2 saturated heterocycles. The third-order valence-corrected chi connectivity index (χ3v) is 9.46. The van der Waals surface area contributed by atoms with Crippen molar-refractivity contribution in [2.24, 2.45) is 0 Å². The van der Waals surface area contributed by atoms with E-state index in [4.69, 9.17) is 0 Å². The molecule has 30 heavy (non-hydrogen) atoms. The summed E-state index contributed by atoms with van der Waals surface area (Å²) in [6, 6.07) is 2.78. The molecule has 3 atom stereocenters. The van der Waals surface area contributed by atoms with Gasteiger partial charge in [-0.15, -0.1) is 0 Å². The number of sulfonamides is 1. The predicted octanol–water partition coefficient (Wildman–Crippen LogP) is 3.52. The fraction of sp³-hybridized carbons (Fsp3) is 0.696. The number of hydrogen-bond acceptors (Lipinski definition) is 4. The Labute approximate surface area is 179 Å². The number of urea groups is 1. The standard InChI is InChI=1S/C23H33N3O3S/c1-14(2)26-17-9-10-18(26)13-19(12-17)30(28,29)25-23(27)24-22-20-7-3-5-15(20)11-16-6-4-8-21(16)22/h11,14,17-19H,3-10,12-13H2,1-2H3,(H2,24,25,27)/t17-,18?,19+/m0/s1. The van der Waals surface area contributed by atoms with Gasteiger partial charge in [-0.1, -0.05) is 6.07 Å². The summed E-state index contributed by atoms with van der Waals surface area (Å²) < 4.78 is 28.5. The largest absolute Gasteiger partial charge is 0.332 e. The summed E-state index contributed by atoms with van der Waals surface area (Å²) in [7, 11) is -3.69. The fourth-order valence-electron chi connectivity index (χ4n) is 6.58. The Balaban J connectivity index is 1.31. The molecule has 0 spiro atoms. The van der Waals surface area contributed by atoms with Crippen LogP contribution in [0, 0.1) is 0 Å². The maximum Gasteiger partial charge on any atom is 0.332 e. The Bertz CT molecular complexity index is 926. The molecule has 1 aromatic rings. The lowest BCUT2D eigenvalue weighted by Gasteiger charge is -2.41. The number of amides is 2. The summed E-state index contributed by atoms with van der Waals surface area (Å²) in [5.41, 5.74) is 5.97. The lowest BCUT2D eigenvalue weighted by atomic mass is 9.99. The van der Waals surface area contributed by atoms with Gasteiger partial charge in [-0.3, -0.25) is 4.90 Å². The number of nitrogens with zero attached hydrogens (tertiary/aromatic N) is 1. The molecule has 1 unspecified atom stereocenters. The molecule has 2 heterocycles. The first-order valence-electron chi connectivity index (χ1n) is 11.6. The van der Waals surface area contributed by atoms with Crippen LogP contribution in [0.4, 0.5) is 10.5 Å². The molecule has 5 rings (SSSR count). The van der Waals surface area contributed by atoms with Gasteiger partial charge in [0, 0.05) is 23.8 Å². The number of carbonyl (C=O) groups is 1. The average Bonchev–Trinajstić information content (AvgIpc) is 3.38. The number of piperidine rings is 1. The first kappa shape index (κ1) is 20.3. The van der Waals surface area contributed by atoms with Crippen molar-refractivity contribution >= 4 is 21.7 Å². The van der Waals surface area contributed by atoms with E-state index in [1.165, 1.54) is 22.3 Å². The van der Waals surface area contributed by atoms with Crippen molar-refractivity contribution in [1.29, 1.82) is 0 Å². The molecule has 2 N–H and O–H groups in total. The van der Waals surface area contributed by atoms with E-state index < -0.39 is 21.3 Å². The number of benzene rings is 1. The molecule has 164 valence electrons. The lowest BCUT2D eigenvalue weighted by molar-refractivity contribution is 0.105. The van der Waals surface area contributed by atoms with Gasteiger partial charge in [0.25, 0.3) is 0 Å². The van der Waals surface area contributed by atoms with Gasteiger partial charge in [0.15, 0.2) is 0 Å². The van der Waals surface area contributed by atoms with Crippen molar-refractivity contribution in [2.45, 2.75) is 101 Å². The molecule has 2 aliphatic heterocycles. The second-order valence-corrected chi connectivity index (χ2v) is 11.8. The van der Waals surface area contributed by atoms with E-state index in [-0.39, 0.29) is 0 Å². The minimum absolute atomic E-state index is 0.314. The molecule has 0 saturated carbocycles. The number of aryl methyl sites for hydroxylation is 2. The molecule has 2 aliphatic carbocycles. The Hall–Kier alpha value is -1.60. The minimum atomic E-state index is -3.69. The third-order valence-electron chi connectivity index (χ3n) is 7.73. The van der Waals surface area contributed by atoms with Crippen LogP contribution in [0.3, 0.4) is 0 Å². The quantitative estimate of drug-likeness (QED) is 0.765. The molecule has 1 aromatic carbocycles. The Morgan fingerprint density at radius 3 is 2.10 bits per heavy atom. The topological polar surface area (TPSA) is 78.5 Å². The number of rotatable bonds is 4. The Morgan fingerprint density at radius 1 is 1.00 bits per heavy atom. The van der Waals surface area contributed by atoms with Gasteiger partial charge >= 0.3 is 6.03 Å². The molecule has 2 bridgehead atoms.